The number of halogens is 4. The lowest BCUT2D eigenvalue weighted by molar-refractivity contribution is -0.137. The standard InChI is InChI=1S/C23H24F4N6O3/c1-13(2)33-12-14(10-29-33)20-16(23(25,26)27)11-28-22(31-20)30-18-9-17(24)15(8-19(18)35-3)21(34)32-4-6-36-7-5-32/h8-13H,4-7H2,1-3H3,(H,28,30,31). The average molecular weight is 508 g/mol. The van der Waals surface area contributed by atoms with Gasteiger partial charge >= 0.3 is 6.18 Å². The molecule has 0 spiro atoms. The van der Waals surface area contributed by atoms with Crippen molar-refractivity contribution in [1.82, 2.24) is 24.6 Å². The number of anilines is 2. The highest BCUT2D eigenvalue weighted by atomic mass is 19.4. The van der Waals surface area contributed by atoms with Gasteiger partial charge in [-0.05, 0) is 19.9 Å². The molecule has 13 heteroatoms. The lowest BCUT2D eigenvalue weighted by atomic mass is 10.1. The van der Waals surface area contributed by atoms with Gasteiger partial charge in [0.2, 0.25) is 5.95 Å². The molecule has 3 heterocycles. The lowest BCUT2D eigenvalue weighted by Crippen LogP contribution is -2.41. The highest BCUT2D eigenvalue weighted by molar-refractivity contribution is 5.96. The molecule has 192 valence electrons. The van der Waals surface area contributed by atoms with Gasteiger partial charge in [-0.25, -0.2) is 14.4 Å². The Morgan fingerprint density at radius 3 is 2.53 bits per heavy atom. The van der Waals surface area contributed by atoms with Gasteiger partial charge in [-0.15, -0.1) is 0 Å². The predicted octanol–water partition coefficient (Wildman–Crippen LogP) is 4.30. The Bertz CT molecular complexity index is 1260. The number of ether oxygens (including phenoxy) is 2. The molecule has 4 rings (SSSR count). The summed E-state index contributed by atoms with van der Waals surface area (Å²) in [6, 6.07) is 2.18. The van der Waals surface area contributed by atoms with Crippen LogP contribution in [0, 0.1) is 5.82 Å². The minimum Gasteiger partial charge on any atom is -0.495 e. The van der Waals surface area contributed by atoms with Crippen molar-refractivity contribution in [3.8, 4) is 17.0 Å². The number of hydrogen-bond donors (Lipinski definition) is 1. The van der Waals surface area contributed by atoms with Crippen molar-refractivity contribution in [2.75, 3.05) is 38.7 Å². The van der Waals surface area contributed by atoms with E-state index in [-0.39, 0.29) is 40.2 Å². The van der Waals surface area contributed by atoms with Crippen LogP contribution in [0.5, 0.6) is 5.75 Å². The van der Waals surface area contributed by atoms with Crippen molar-refractivity contribution >= 4 is 17.5 Å². The number of nitrogens with zero attached hydrogens (tertiary/aromatic N) is 5. The smallest absolute Gasteiger partial charge is 0.419 e. The van der Waals surface area contributed by atoms with E-state index in [0.29, 0.717) is 32.5 Å². The Kier molecular flexibility index (Phi) is 7.11. The van der Waals surface area contributed by atoms with Crippen LogP contribution in [-0.4, -0.2) is 64.0 Å². The minimum atomic E-state index is -4.71. The Morgan fingerprint density at radius 2 is 1.92 bits per heavy atom. The van der Waals surface area contributed by atoms with Crippen LogP contribution >= 0.6 is 0 Å². The van der Waals surface area contributed by atoms with E-state index in [2.05, 4.69) is 20.4 Å². The molecule has 0 saturated carbocycles. The van der Waals surface area contributed by atoms with Gasteiger partial charge in [-0.1, -0.05) is 0 Å². The maximum absolute atomic E-state index is 14.9. The van der Waals surface area contributed by atoms with Crippen molar-refractivity contribution in [2.45, 2.75) is 26.1 Å². The van der Waals surface area contributed by atoms with Gasteiger partial charge in [-0.3, -0.25) is 9.48 Å². The van der Waals surface area contributed by atoms with Crippen LogP contribution in [0.1, 0.15) is 35.8 Å². The molecule has 0 atom stereocenters. The number of alkyl halides is 3. The number of benzene rings is 1. The number of hydrogen-bond acceptors (Lipinski definition) is 7. The summed E-state index contributed by atoms with van der Waals surface area (Å²) in [5.41, 5.74) is -1.44. The van der Waals surface area contributed by atoms with Crippen molar-refractivity contribution in [2.24, 2.45) is 0 Å². The third kappa shape index (κ3) is 5.25. The summed E-state index contributed by atoms with van der Waals surface area (Å²) in [7, 11) is 1.32. The van der Waals surface area contributed by atoms with Gasteiger partial charge in [0.1, 0.15) is 17.1 Å². The summed E-state index contributed by atoms with van der Waals surface area (Å²) in [6.07, 6.45) is -1.32. The molecule has 1 aromatic carbocycles. The zero-order valence-corrected chi connectivity index (χ0v) is 19.8. The highest BCUT2D eigenvalue weighted by Crippen LogP contribution is 2.37. The van der Waals surface area contributed by atoms with Crippen LogP contribution < -0.4 is 10.1 Å². The fraction of sp³-hybridized carbons (Fsp3) is 0.391. The summed E-state index contributed by atoms with van der Waals surface area (Å²) >= 11 is 0. The summed E-state index contributed by atoms with van der Waals surface area (Å²) in [6.45, 7) is 5.04. The van der Waals surface area contributed by atoms with Crippen molar-refractivity contribution < 1.29 is 31.8 Å². The van der Waals surface area contributed by atoms with Crippen molar-refractivity contribution in [3.63, 3.8) is 0 Å². The molecule has 3 aromatic rings. The SMILES string of the molecule is COc1cc(C(=O)N2CCOCC2)c(F)cc1Nc1ncc(C(F)(F)F)c(-c2cnn(C(C)C)c2)n1. The molecule has 1 amide bonds. The topological polar surface area (TPSA) is 94.4 Å². The molecule has 1 saturated heterocycles. The number of amides is 1. The first kappa shape index (κ1) is 25.4. The molecular formula is C23H24F4N6O3. The molecule has 9 nitrogen and oxygen atoms in total. The first-order valence-corrected chi connectivity index (χ1v) is 11.1. The average Bonchev–Trinajstić information content (AvgIpc) is 3.34. The van der Waals surface area contributed by atoms with Gasteiger partial charge in [-0.2, -0.15) is 18.3 Å². The maximum Gasteiger partial charge on any atom is 0.419 e. The molecular weight excluding hydrogens is 484 g/mol. The Morgan fingerprint density at radius 1 is 1.19 bits per heavy atom. The second-order valence-corrected chi connectivity index (χ2v) is 8.32. The minimum absolute atomic E-state index is 0.0390. The summed E-state index contributed by atoms with van der Waals surface area (Å²) < 4.78 is 68.0. The van der Waals surface area contributed by atoms with Crippen LogP contribution in [0.3, 0.4) is 0 Å². The fourth-order valence-electron chi connectivity index (χ4n) is 3.65. The Balaban J connectivity index is 1.69. The van der Waals surface area contributed by atoms with E-state index in [1.165, 1.54) is 35.2 Å². The predicted molar refractivity (Wildman–Crippen MR) is 122 cm³/mol. The van der Waals surface area contributed by atoms with Crippen LogP contribution in [0.15, 0.2) is 30.7 Å². The summed E-state index contributed by atoms with van der Waals surface area (Å²) in [4.78, 5) is 22.0. The van der Waals surface area contributed by atoms with Crippen LogP contribution in [0.25, 0.3) is 11.3 Å². The van der Waals surface area contributed by atoms with E-state index in [0.717, 1.165) is 6.07 Å². The van der Waals surface area contributed by atoms with E-state index >= 15 is 0 Å². The van der Waals surface area contributed by atoms with Gasteiger partial charge in [0.25, 0.3) is 5.91 Å². The van der Waals surface area contributed by atoms with Gasteiger partial charge in [0, 0.05) is 43.2 Å². The number of morpholine rings is 1. The van der Waals surface area contributed by atoms with Crippen LogP contribution in [0.4, 0.5) is 29.2 Å². The number of aromatic nitrogens is 4. The zero-order chi connectivity index (χ0) is 26.0. The second-order valence-electron chi connectivity index (χ2n) is 8.32. The monoisotopic (exact) mass is 508 g/mol. The Labute approximate surface area is 204 Å². The number of carbonyl (C=O) groups excluding carboxylic acids is 1. The molecule has 1 fully saturated rings. The molecule has 0 unspecified atom stereocenters. The molecule has 0 bridgehead atoms. The van der Waals surface area contributed by atoms with Crippen molar-refractivity contribution in [1.29, 1.82) is 0 Å². The molecule has 1 aliphatic heterocycles. The first-order valence-electron chi connectivity index (χ1n) is 11.1. The van der Waals surface area contributed by atoms with E-state index in [1.807, 2.05) is 13.8 Å². The number of nitrogens with one attached hydrogen (secondary N) is 1. The molecule has 0 aliphatic carbocycles. The summed E-state index contributed by atoms with van der Waals surface area (Å²) in [5.74, 6) is -1.48. The quantitative estimate of drug-likeness (QED) is 0.496. The largest absolute Gasteiger partial charge is 0.495 e. The molecule has 2 aromatic heterocycles. The van der Waals surface area contributed by atoms with E-state index < -0.39 is 23.5 Å². The third-order valence-corrected chi connectivity index (χ3v) is 5.56. The first-order chi connectivity index (χ1) is 17.1. The molecule has 36 heavy (non-hydrogen) atoms. The van der Waals surface area contributed by atoms with E-state index in [4.69, 9.17) is 9.47 Å². The summed E-state index contributed by atoms with van der Waals surface area (Å²) in [5, 5.41) is 6.79. The number of methoxy groups -OCH3 is 1. The van der Waals surface area contributed by atoms with Crippen LogP contribution in [0.2, 0.25) is 0 Å². The molecule has 0 radical (unpaired) electrons. The normalized spacial score (nSPS) is 14.3. The van der Waals surface area contributed by atoms with E-state index in [9.17, 15) is 22.4 Å². The fourth-order valence-corrected chi connectivity index (χ4v) is 3.65. The second kappa shape index (κ2) is 10.1. The van der Waals surface area contributed by atoms with Gasteiger partial charge in [0.15, 0.2) is 0 Å². The Hall–Kier alpha value is -3.74. The zero-order valence-electron chi connectivity index (χ0n) is 19.8. The number of rotatable bonds is 6. The van der Waals surface area contributed by atoms with Gasteiger partial charge < -0.3 is 19.7 Å². The van der Waals surface area contributed by atoms with Crippen LogP contribution in [-0.2, 0) is 10.9 Å². The highest BCUT2D eigenvalue weighted by Gasteiger charge is 2.36. The third-order valence-electron chi connectivity index (χ3n) is 5.56. The lowest BCUT2D eigenvalue weighted by Gasteiger charge is -2.27. The van der Waals surface area contributed by atoms with E-state index in [1.54, 1.807) is 0 Å². The molecule has 1 N–H and O–H groups in total. The number of carbonyl (C=O) groups is 1. The molecule has 1 aliphatic rings. The van der Waals surface area contributed by atoms with Crippen molar-refractivity contribution in [3.05, 3.63) is 47.7 Å². The van der Waals surface area contributed by atoms with Gasteiger partial charge in [0.05, 0.1) is 43.5 Å². The maximum atomic E-state index is 14.9.